The molecular formula is C28H27N7O2. The van der Waals surface area contributed by atoms with Gasteiger partial charge in [0.1, 0.15) is 0 Å². The molecule has 37 heavy (non-hydrogen) atoms. The Morgan fingerprint density at radius 2 is 1.92 bits per heavy atom. The first-order chi connectivity index (χ1) is 18.0. The van der Waals surface area contributed by atoms with Crippen molar-refractivity contribution in [1.82, 2.24) is 18.7 Å². The summed E-state index contributed by atoms with van der Waals surface area (Å²) in [7, 11) is 0. The van der Waals surface area contributed by atoms with Gasteiger partial charge in [-0.2, -0.15) is 10.2 Å². The minimum absolute atomic E-state index is 0.000318. The van der Waals surface area contributed by atoms with E-state index in [4.69, 9.17) is 10.7 Å². The molecule has 5 rings (SSSR count). The standard InChI is InChI=1S/C28H27N7O2/c1-2-3-15-33-24-25(31-27(33)32-14-8-11-22(30)19-32)35(23-12-5-4-6-13-23)28(37)34(26(24)36)18-21-10-7-9-20(16-21)17-29/h4-7,9-10,12-13,16,22H,8,11,14-15,18-19,30H2,1H3. The number of nitrogens with two attached hydrogens (primary N) is 1. The van der Waals surface area contributed by atoms with E-state index in [-0.39, 0.29) is 24.8 Å². The van der Waals surface area contributed by atoms with Gasteiger partial charge in [-0.3, -0.25) is 13.9 Å². The first kappa shape index (κ1) is 24.1. The maximum Gasteiger partial charge on any atom is 0.337 e. The van der Waals surface area contributed by atoms with Crippen molar-refractivity contribution in [3.05, 3.63) is 86.6 Å². The van der Waals surface area contributed by atoms with Crippen molar-refractivity contribution in [3.63, 3.8) is 0 Å². The predicted octanol–water partition coefficient (Wildman–Crippen LogP) is 2.22. The second kappa shape index (κ2) is 10.2. The number of aromatic nitrogens is 4. The predicted molar refractivity (Wildman–Crippen MR) is 143 cm³/mol. The van der Waals surface area contributed by atoms with Gasteiger partial charge in [0.05, 0.1) is 30.4 Å². The number of nitrogens with zero attached hydrogens (tertiary/aromatic N) is 6. The summed E-state index contributed by atoms with van der Waals surface area (Å²) in [6, 6.07) is 18.2. The number of hydrogen-bond donors (Lipinski definition) is 1. The molecule has 1 atom stereocenters. The van der Waals surface area contributed by atoms with Crippen LogP contribution in [0.1, 0.15) is 30.9 Å². The molecule has 1 aliphatic rings. The van der Waals surface area contributed by atoms with Gasteiger partial charge in [-0.1, -0.05) is 36.3 Å². The van der Waals surface area contributed by atoms with E-state index in [1.54, 1.807) is 35.8 Å². The van der Waals surface area contributed by atoms with Crippen LogP contribution < -0.4 is 21.9 Å². The molecule has 0 aliphatic carbocycles. The molecule has 0 amide bonds. The number of fused-ring (bicyclic) bond motifs is 1. The molecule has 1 unspecified atom stereocenters. The van der Waals surface area contributed by atoms with Gasteiger partial charge in [0, 0.05) is 19.1 Å². The van der Waals surface area contributed by atoms with E-state index >= 15 is 0 Å². The number of rotatable bonds is 5. The average molecular weight is 494 g/mol. The van der Waals surface area contributed by atoms with Crippen molar-refractivity contribution in [2.45, 2.75) is 38.9 Å². The summed E-state index contributed by atoms with van der Waals surface area (Å²) in [5.74, 6) is 6.55. The molecule has 9 nitrogen and oxygen atoms in total. The molecule has 0 spiro atoms. The lowest BCUT2D eigenvalue weighted by atomic mass is 10.1. The van der Waals surface area contributed by atoms with Crippen LogP contribution >= 0.6 is 0 Å². The Hall–Kier alpha value is -4.60. The molecule has 0 saturated carbocycles. The highest BCUT2D eigenvalue weighted by molar-refractivity contribution is 5.76. The van der Waals surface area contributed by atoms with Crippen LogP contribution in [0.2, 0.25) is 0 Å². The molecule has 1 aliphatic heterocycles. The quantitative estimate of drug-likeness (QED) is 0.427. The maximum absolute atomic E-state index is 14.0. The molecule has 186 valence electrons. The van der Waals surface area contributed by atoms with E-state index in [0.717, 1.165) is 19.4 Å². The third-order valence-corrected chi connectivity index (χ3v) is 6.58. The number of piperidine rings is 1. The minimum Gasteiger partial charge on any atom is -0.341 e. The van der Waals surface area contributed by atoms with Crippen LogP contribution in [0.25, 0.3) is 16.9 Å². The maximum atomic E-state index is 14.0. The van der Waals surface area contributed by atoms with E-state index in [2.05, 4.69) is 22.8 Å². The molecule has 4 aromatic rings. The number of para-hydroxylation sites is 1. The summed E-state index contributed by atoms with van der Waals surface area (Å²) >= 11 is 0. The van der Waals surface area contributed by atoms with Crippen LogP contribution in [0, 0.1) is 23.2 Å². The molecular weight excluding hydrogens is 466 g/mol. The van der Waals surface area contributed by atoms with Crippen LogP contribution in [0.3, 0.4) is 0 Å². The summed E-state index contributed by atoms with van der Waals surface area (Å²) in [6.45, 7) is 3.37. The zero-order valence-electron chi connectivity index (χ0n) is 20.6. The number of hydrogen-bond acceptors (Lipinski definition) is 6. The highest BCUT2D eigenvalue weighted by Crippen LogP contribution is 2.24. The van der Waals surface area contributed by atoms with E-state index in [1.807, 2.05) is 30.3 Å². The first-order valence-corrected chi connectivity index (χ1v) is 12.2. The van der Waals surface area contributed by atoms with E-state index < -0.39 is 11.2 Å². The van der Waals surface area contributed by atoms with Gasteiger partial charge in [-0.05, 0) is 49.6 Å². The van der Waals surface area contributed by atoms with E-state index in [1.165, 1.54) is 9.13 Å². The van der Waals surface area contributed by atoms with E-state index in [9.17, 15) is 14.9 Å². The second-order valence-electron chi connectivity index (χ2n) is 9.10. The molecule has 3 heterocycles. The largest absolute Gasteiger partial charge is 0.341 e. The van der Waals surface area contributed by atoms with Gasteiger partial charge < -0.3 is 10.6 Å². The fourth-order valence-electron chi connectivity index (χ4n) is 4.83. The highest BCUT2D eigenvalue weighted by atomic mass is 16.2. The third-order valence-electron chi connectivity index (χ3n) is 6.58. The van der Waals surface area contributed by atoms with Crippen LogP contribution in [-0.4, -0.2) is 37.8 Å². The van der Waals surface area contributed by atoms with Crippen molar-refractivity contribution in [1.29, 1.82) is 5.26 Å². The van der Waals surface area contributed by atoms with Crippen molar-refractivity contribution >= 4 is 17.1 Å². The van der Waals surface area contributed by atoms with Gasteiger partial charge in [-0.15, -0.1) is 5.92 Å². The van der Waals surface area contributed by atoms with Crippen molar-refractivity contribution < 1.29 is 0 Å². The van der Waals surface area contributed by atoms with Crippen LogP contribution in [-0.2, 0) is 13.1 Å². The lowest BCUT2D eigenvalue weighted by molar-refractivity contribution is 0.496. The summed E-state index contributed by atoms with van der Waals surface area (Å²) in [5, 5.41) is 9.31. The van der Waals surface area contributed by atoms with Gasteiger partial charge in [0.15, 0.2) is 11.2 Å². The molecule has 0 bridgehead atoms. The smallest absolute Gasteiger partial charge is 0.337 e. The molecule has 2 aromatic carbocycles. The molecule has 2 N–H and O–H groups in total. The van der Waals surface area contributed by atoms with Gasteiger partial charge in [-0.25, -0.2) is 9.36 Å². The Kier molecular flexibility index (Phi) is 6.63. The van der Waals surface area contributed by atoms with E-state index in [0.29, 0.717) is 34.8 Å². The number of benzene rings is 2. The Morgan fingerprint density at radius 3 is 2.65 bits per heavy atom. The number of nitriles is 1. The van der Waals surface area contributed by atoms with Crippen molar-refractivity contribution in [2.24, 2.45) is 5.73 Å². The van der Waals surface area contributed by atoms with Crippen molar-refractivity contribution in [3.8, 4) is 23.6 Å². The first-order valence-electron chi connectivity index (χ1n) is 12.2. The van der Waals surface area contributed by atoms with Gasteiger partial charge in [0.25, 0.3) is 5.56 Å². The zero-order valence-corrected chi connectivity index (χ0v) is 20.6. The molecule has 0 radical (unpaired) electrons. The van der Waals surface area contributed by atoms with Crippen LogP contribution in [0.5, 0.6) is 0 Å². The Bertz CT molecular complexity index is 1680. The van der Waals surface area contributed by atoms with Gasteiger partial charge in [0.2, 0.25) is 5.95 Å². The van der Waals surface area contributed by atoms with Crippen LogP contribution in [0.15, 0.2) is 64.2 Å². The molecule has 1 fully saturated rings. The zero-order chi connectivity index (χ0) is 25.9. The number of imidazole rings is 1. The number of anilines is 1. The Labute approximate surface area is 214 Å². The van der Waals surface area contributed by atoms with Crippen LogP contribution in [0.4, 0.5) is 5.95 Å². The molecule has 9 heteroatoms. The highest BCUT2D eigenvalue weighted by Gasteiger charge is 2.27. The summed E-state index contributed by atoms with van der Waals surface area (Å²) in [5.41, 5.74) is 7.64. The monoisotopic (exact) mass is 493 g/mol. The fraction of sp³-hybridized carbons (Fsp3) is 0.286. The molecule has 1 saturated heterocycles. The lowest BCUT2D eigenvalue weighted by Crippen LogP contribution is -2.44. The Balaban J connectivity index is 1.82. The summed E-state index contributed by atoms with van der Waals surface area (Å²) < 4.78 is 4.48. The molecule has 2 aromatic heterocycles. The third kappa shape index (κ3) is 4.53. The lowest BCUT2D eigenvalue weighted by Gasteiger charge is -2.31. The second-order valence-corrected chi connectivity index (χ2v) is 9.10. The van der Waals surface area contributed by atoms with Gasteiger partial charge >= 0.3 is 5.69 Å². The SMILES string of the molecule is CC#CCn1c(N2CCCC(N)C2)nc2c1c(=O)n(Cc1cccc(C#N)c1)c(=O)n2-c1ccccc1. The average Bonchev–Trinajstić information content (AvgIpc) is 3.30. The summed E-state index contributed by atoms with van der Waals surface area (Å²) in [4.78, 5) is 34.8. The summed E-state index contributed by atoms with van der Waals surface area (Å²) in [6.07, 6.45) is 1.84. The Morgan fingerprint density at radius 1 is 1.11 bits per heavy atom. The normalized spacial score (nSPS) is 15.3. The fourth-order valence-corrected chi connectivity index (χ4v) is 4.83. The topological polar surface area (TPSA) is 115 Å². The minimum atomic E-state index is -0.501. The van der Waals surface area contributed by atoms with Crippen molar-refractivity contribution in [2.75, 3.05) is 18.0 Å².